The van der Waals surface area contributed by atoms with Crippen molar-refractivity contribution in [1.82, 2.24) is 0 Å². The predicted octanol–water partition coefficient (Wildman–Crippen LogP) is 10.2. The van der Waals surface area contributed by atoms with Gasteiger partial charge in [0.15, 0.2) is 11.5 Å². The quantitative estimate of drug-likeness (QED) is 0.151. The standard InChI is InChI=1S/C42H38O6S/c1-41(2,29-13-21-33(43)22-14-29)31-17-25-35(26-18-31)47-38-11-8-12-39(49(45,46)37-9-6-5-7-10-37)40(38)48-36-27-19-32(20-28-36)42(3,4)30-15-23-34(44)24-16-30/h5-28,43-44H,1-4H3. The van der Waals surface area contributed by atoms with E-state index in [-0.39, 0.29) is 43.6 Å². The average Bonchev–Trinajstić information content (AvgIpc) is 3.10. The molecule has 0 aliphatic rings. The fourth-order valence-electron chi connectivity index (χ4n) is 5.83. The van der Waals surface area contributed by atoms with Crippen LogP contribution in [0.3, 0.4) is 0 Å². The normalized spacial score (nSPS) is 12.0. The molecule has 49 heavy (non-hydrogen) atoms. The second-order valence-corrected chi connectivity index (χ2v) is 14.9. The van der Waals surface area contributed by atoms with Gasteiger partial charge in [0, 0.05) is 10.8 Å². The summed E-state index contributed by atoms with van der Waals surface area (Å²) in [5, 5.41) is 19.5. The minimum absolute atomic E-state index is 0.0187. The van der Waals surface area contributed by atoms with Gasteiger partial charge in [0.05, 0.1) is 4.90 Å². The van der Waals surface area contributed by atoms with Gasteiger partial charge in [-0.3, -0.25) is 0 Å². The van der Waals surface area contributed by atoms with Crippen molar-refractivity contribution in [3.05, 3.63) is 168 Å². The molecule has 0 atom stereocenters. The first-order chi connectivity index (χ1) is 23.4. The summed E-state index contributed by atoms with van der Waals surface area (Å²) in [4.78, 5) is 0.124. The summed E-state index contributed by atoms with van der Waals surface area (Å²) in [6, 6.07) is 42.6. The Kier molecular flexibility index (Phi) is 8.97. The maximum Gasteiger partial charge on any atom is 0.210 e. The zero-order valence-corrected chi connectivity index (χ0v) is 28.6. The second kappa shape index (κ2) is 13.2. The Bertz CT molecular complexity index is 2150. The number of benzene rings is 6. The van der Waals surface area contributed by atoms with Crippen LogP contribution in [0.25, 0.3) is 0 Å². The van der Waals surface area contributed by atoms with Crippen LogP contribution in [-0.4, -0.2) is 18.6 Å². The van der Waals surface area contributed by atoms with Crippen LogP contribution < -0.4 is 9.47 Å². The van der Waals surface area contributed by atoms with Crippen molar-refractivity contribution >= 4 is 9.84 Å². The van der Waals surface area contributed by atoms with E-state index in [0.717, 1.165) is 22.3 Å². The number of para-hydroxylation sites is 1. The highest BCUT2D eigenvalue weighted by Crippen LogP contribution is 2.43. The van der Waals surface area contributed by atoms with Gasteiger partial charge in [-0.15, -0.1) is 0 Å². The molecule has 0 unspecified atom stereocenters. The predicted molar refractivity (Wildman–Crippen MR) is 192 cm³/mol. The van der Waals surface area contributed by atoms with E-state index in [1.165, 1.54) is 6.07 Å². The molecular formula is C42H38O6S. The lowest BCUT2D eigenvalue weighted by molar-refractivity contribution is 0.408. The summed E-state index contributed by atoms with van der Waals surface area (Å²) in [6.45, 7) is 8.41. The lowest BCUT2D eigenvalue weighted by atomic mass is 9.78. The minimum Gasteiger partial charge on any atom is -0.508 e. The van der Waals surface area contributed by atoms with E-state index in [1.54, 1.807) is 66.7 Å². The highest BCUT2D eigenvalue weighted by Gasteiger charge is 2.28. The fourth-order valence-corrected chi connectivity index (χ4v) is 7.24. The average molecular weight is 671 g/mol. The SMILES string of the molecule is CC(C)(c1ccc(O)cc1)c1ccc(Oc2cccc(S(=O)(=O)c3ccccc3)c2Oc2ccc(C(C)(C)c3ccc(O)cc3)cc2)cc1. The molecule has 0 aliphatic carbocycles. The van der Waals surface area contributed by atoms with Crippen molar-refractivity contribution in [3.63, 3.8) is 0 Å². The van der Waals surface area contributed by atoms with Crippen LogP contribution in [0.5, 0.6) is 34.5 Å². The van der Waals surface area contributed by atoms with Gasteiger partial charge in [-0.25, -0.2) is 8.42 Å². The molecule has 248 valence electrons. The molecule has 0 spiro atoms. The molecule has 6 aromatic rings. The Morgan fingerprint density at radius 3 is 1.33 bits per heavy atom. The van der Waals surface area contributed by atoms with Crippen LogP contribution in [0.2, 0.25) is 0 Å². The van der Waals surface area contributed by atoms with Crippen LogP contribution in [-0.2, 0) is 20.7 Å². The maximum absolute atomic E-state index is 14.0. The minimum atomic E-state index is -3.98. The molecule has 0 aromatic heterocycles. The zero-order valence-electron chi connectivity index (χ0n) is 27.8. The Morgan fingerprint density at radius 1 is 0.469 bits per heavy atom. The van der Waals surface area contributed by atoms with Crippen molar-refractivity contribution in [2.24, 2.45) is 0 Å². The molecule has 6 aromatic carbocycles. The number of phenols is 2. The third-order valence-corrected chi connectivity index (χ3v) is 10.9. The van der Waals surface area contributed by atoms with Crippen molar-refractivity contribution in [1.29, 1.82) is 0 Å². The van der Waals surface area contributed by atoms with Crippen LogP contribution in [0.15, 0.2) is 155 Å². The summed E-state index contributed by atoms with van der Waals surface area (Å²) in [7, 11) is -3.98. The number of hydrogen-bond acceptors (Lipinski definition) is 6. The molecule has 0 saturated heterocycles. The van der Waals surface area contributed by atoms with E-state index in [4.69, 9.17) is 9.47 Å². The molecule has 0 amide bonds. The summed E-state index contributed by atoms with van der Waals surface area (Å²) >= 11 is 0. The van der Waals surface area contributed by atoms with Crippen molar-refractivity contribution in [2.45, 2.75) is 48.3 Å². The largest absolute Gasteiger partial charge is 0.508 e. The lowest BCUT2D eigenvalue weighted by Crippen LogP contribution is -2.18. The number of ether oxygens (including phenoxy) is 2. The molecule has 0 heterocycles. The van der Waals surface area contributed by atoms with E-state index >= 15 is 0 Å². The Balaban J connectivity index is 1.35. The highest BCUT2D eigenvalue weighted by atomic mass is 32.2. The molecule has 6 nitrogen and oxygen atoms in total. The van der Waals surface area contributed by atoms with Crippen LogP contribution in [0.4, 0.5) is 0 Å². The first-order valence-electron chi connectivity index (χ1n) is 15.9. The van der Waals surface area contributed by atoms with Crippen molar-refractivity contribution in [2.75, 3.05) is 0 Å². The molecule has 0 fully saturated rings. The first kappa shape index (κ1) is 33.4. The van der Waals surface area contributed by atoms with Crippen molar-refractivity contribution in [3.8, 4) is 34.5 Å². The van der Waals surface area contributed by atoms with E-state index < -0.39 is 9.84 Å². The van der Waals surface area contributed by atoms with Gasteiger partial charge in [-0.1, -0.05) is 100 Å². The first-order valence-corrected chi connectivity index (χ1v) is 17.4. The number of rotatable bonds is 10. The molecule has 6 rings (SSSR count). The molecule has 7 heteroatoms. The third kappa shape index (κ3) is 6.89. The lowest BCUT2D eigenvalue weighted by Gasteiger charge is -2.26. The number of aromatic hydroxyl groups is 2. The van der Waals surface area contributed by atoms with Gasteiger partial charge >= 0.3 is 0 Å². The van der Waals surface area contributed by atoms with Gasteiger partial charge in [-0.05, 0) is 95.1 Å². The van der Waals surface area contributed by atoms with E-state index in [1.807, 2.05) is 72.8 Å². The van der Waals surface area contributed by atoms with Gasteiger partial charge in [0.25, 0.3) is 0 Å². The number of hydrogen-bond donors (Lipinski definition) is 2. The van der Waals surface area contributed by atoms with Gasteiger partial charge in [0.2, 0.25) is 9.84 Å². The number of sulfone groups is 1. The van der Waals surface area contributed by atoms with Gasteiger partial charge < -0.3 is 19.7 Å². The molecule has 0 radical (unpaired) electrons. The van der Waals surface area contributed by atoms with E-state index in [9.17, 15) is 18.6 Å². The smallest absolute Gasteiger partial charge is 0.210 e. The zero-order chi connectivity index (χ0) is 34.8. The maximum atomic E-state index is 14.0. The highest BCUT2D eigenvalue weighted by molar-refractivity contribution is 7.91. The van der Waals surface area contributed by atoms with Crippen LogP contribution in [0, 0.1) is 0 Å². The summed E-state index contributed by atoms with van der Waals surface area (Å²) in [6.07, 6.45) is 0. The summed E-state index contributed by atoms with van der Waals surface area (Å²) < 4.78 is 40.7. The molecule has 0 bridgehead atoms. The van der Waals surface area contributed by atoms with Crippen LogP contribution in [0.1, 0.15) is 49.9 Å². The van der Waals surface area contributed by atoms with Gasteiger partial charge in [0.1, 0.15) is 27.9 Å². The van der Waals surface area contributed by atoms with Gasteiger partial charge in [-0.2, -0.15) is 0 Å². The monoisotopic (exact) mass is 670 g/mol. The van der Waals surface area contributed by atoms with E-state index in [0.29, 0.717) is 11.5 Å². The topological polar surface area (TPSA) is 93.1 Å². The molecule has 0 saturated carbocycles. The van der Waals surface area contributed by atoms with E-state index in [2.05, 4.69) is 27.7 Å². The summed E-state index contributed by atoms with van der Waals surface area (Å²) in [5.74, 6) is 1.69. The molecule has 2 N–H and O–H groups in total. The third-order valence-electron chi connectivity index (χ3n) is 9.06. The molecular weight excluding hydrogens is 633 g/mol. The molecule has 0 aliphatic heterocycles. The van der Waals surface area contributed by atoms with Crippen molar-refractivity contribution < 1.29 is 28.1 Å². The summed E-state index contributed by atoms with van der Waals surface area (Å²) in [5.41, 5.74) is 3.43. The Morgan fingerprint density at radius 2 is 0.878 bits per heavy atom. The Labute approximate surface area is 287 Å². The Hall–Kier alpha value is -5.53. The second-order valence-electron chi connectivity index (χ2n) is 13.0. The fraction of sp³-hybridized carbons (Fsp3) is 0.143. The number of phenolic OH excluding ortho intramolecular Hbond substituents is 2. The van der Waals surface area contributed by atoms with Crippen LogP contribution >= 0.6 is 0 Å².